The van der Waals surface area contributed by atoms with Crippen molar-refractivity contribution in [3.05, 3.63) is 63.8 Å². The zero-order valence-electron chi connectivity index (χ0n) is 15.4. The molecule has 2 heterocycles. The third-order valence-corrected chi connectivity index (χ3v) is 4.89. The number of hydrogen-bond donors (Lipinski definition) is 1. The number of benzene rings is 2. The molecular weight excluding hydrogens is 415 g/mol. The van der Waals surface area contributed by atoms with Crippen molar-refractivity contribution in [1.82, 2.24) is 15.1 Å². The van der Waals surface area contributed by atoms with Gasteiger partial charge in [0, 0.05) is 5.56 Å². The molecule has 0 saturated heterocycles. The van der Waals surface area contributed by atoms with Crippen LogP contribution in [0.5, 0.6) is 0 Å². The van der Waals surface area contributed by atoms with Crippen LogP contribution in [0.1, 0.15) is 16.1 Å². The second kappa shape index (κ2) is 7.69. The smallest absolute Gasteiger partial charge is 0.345 e. The van der Waals surface area contributed by atoms with Gasteiger partial charge < -0.3 is 14.6 Å². The van der Waals surface area contributed by atoms with Crippen LogP contribution in [-0.2, 0) is 4.74 Å². The number of rotatable bonds is 4. The maximum absolute atomic E-state index is 12.5. The van der Waals surface area contributed by atoms with E-state index < -0.39 is 5.97 Å². The number of esters is 1. The molecule has 0 bridgehead atoms. The second-order valence-corrected chi connectivity index (χ2v) is 6.91. The van der Waals surface area contributed by atoms with Gasteiger partial charge in [0.15, 0.2) is 11.4 Å². The number of nitrogens with zero attached hydrogens (tertiary/aromatic N) is 3. The van der Waals surface area contributed by atoms with E-state index in [0.29, 0.717) is 32.6 Å². The van der Waals surface area contributed by atoms with Crippen LogP contribution in [0.3, 0.4) is 0 Å². The first kappa shape index (κ1) is 19.2. The van der Waals surface area contributed by atoms with Gasteiger partial charge in [0.1, 0.15) is 5.69 Å². The van der Waals surface area contributed by atoms with Crippen molar-refractivity contribution in [1.29, 1.82) is 0 Å². The van der Waals surface area contributed by atoms with Crippen molar-refractivity contribution < 1.29 is 14.1 Å². The van der Waals surface area contributed by atoms with E-state index in [9.17, 15) is 4.79 Å². The summed E-state index contributed by atoms with van der Waals surface area (Å²) in [5.74, 6) is -0.191. The summed E-state index contributed by atoms with van der Waals surface area (Å²) in [6.45, 7) is 1.79. The van der Waals surface area contributed by atoms with E-state index in [1.165, 1.54) is 7.11 Å². The van der Waals surface area contributed by atoms with Gasteiger partial charge in [0.05, 0.1) is 33.9 Å². The van der Waals surface area contributed by atoms with Gasteiger partial charge >= 0.3 is 5.97 Å². The Morgan fingerprint density at radius 2 is 1.69 bits per heavy atom. The van der Waals surface area contributed by atoms with Gasteiger partial charge in [-0.1, -0.05) is 46.6 Å². The van der Waals surface area contributed by atoms with Gasteiger partial charge in [0.25, 0.3) is 0 Å². The number of hydrogen-bond acceptors (Lipinski definition) is 7. The van der Waals surface area contributed by atoms with Crippen molar-refractivity contribution in [2.45, 2.75) is 6.92 Å². The van der Waals surface area contributed by atoms with E-state index in [4.69, 9.17) is 32.5 Å². The highest BCUT2D eigenvalue weighted by molar-refractivity contribution is 6.39. The monoisotopic (exact) mass is 428 g/mol. The Morgan fingerprint density at radius 3 is 2.34 bits per heavy atom. The molecule has 0 unspecified atom stereocenters. The first-order valence-corrected chi connectivity index (χ1v) is 9.28. The summed E-state index contributed by atoms with van der Waals surface area (Å²) in [6.07, 6.45) is 0. The molecule has 0 aliphatic carbocycles. The fraction of sp³-hybridized carbons (Fsp3) is 0.100. The fourth-order valence-electron chi connectivity index (χ4n) is 2.88. The number of carbonyl (C=O) groups excluding carboxylic acids is 1. The zero-order valence-corrected chi connectivity index (χ0v) is 16.9. The number of carbonyl (C=O) groups is 1. The second-order valence-electron chi connectivity index (χ2n) is 6.09. The number of aromatic nitrogens is 3. The van der Waals surface area contributed by atoms with Gasteiger partial charge in [-0.15, -0.1) is 0 Å². The lowest BCUT2D eigenvalue weighted by atomic mass is 10.1. The topological polar surface area (TPSA) is 90.1 Å². The van der Waals surface area contributed by atoms with Gasteiger partial charge in [-0.05, 0) is 31.2 Å². The van der Waals surface area contributed by atoms with Gasteiger partial charge in [0.2, 0.25) is 5.88 Å². The normalized spacial score (nSPS) is 10.9. The highest BCUT2D eigenvalue weighted by atomic mass is 35.5. The molecular formula is C20H14Cl2N4O3. The van der Waals surface area contributed by atoms with Crippen molar-refractivity contribution in [2.24, 2.45) is 0 Å². The van der Waals surface area contributed by atoms with Crippen LogP contribution < -0.4 is 5.32 Å². The molecule has 0 amide bonds. The third-order valence-electron chi connectivity index (χ3n) is 4.26. The molecule has 4 rings (SSSR count). The molecule has 1 N–H and O–H groups in total. The number of fused-ring (bicyclic) bond motifs is 1. The van der Waals surface area contributed by atoms with Crippen molar-refractivity contribution in [2.75, 3.05) is 12.4 Å². The predicted octanol–water partition coefficient (Wildman–Crippen LogP) is 5.43. The lowest BCUT2D eigenvalue weighted by molar-refractivity contribution is 0.0602. The largest absolute Gasteiger partial charge is 0.465 e. The van der Waals surface area contributed by atoms with Crippen molar-refractivity contribution in [3.8, 4) is 11.3 Å². The lowest BCUT2D eigenvalue weighted by Gasteiger charge is -2.09. The van der Waals surface area contributed by atoms with Crippen LogP contribution in [0.25, 0.3) is 22.3 Å². The van der Waals surface area contributed by atoms with E-state index in [0.717, 1.165) is 5.52 Å². The molecule has 2 aromatic carbocycles. The molecule has 0 aliphatic rings. The number of para-hydroxylation sites is 2. The quantitative estimate of drug-likeness (QED) is 0.433. The van der Waals surface area contributed by atoms with E-state index in [1.807, 2.05) is 24.3 Å². The molecule has 0 radical (unpaired) electrons. The number of halogens is 2. The maximum atomic E-state index is 12.5. The minimum absolute atomic E-state index is 0.0514. The third kappa shape index (κ3) is 3.50. The molecule has 2 aromatic heterocycles. The SMILES string of the molecule is COC(=O)c1c(-c2c(Cl)cccc2Cl)noc1Nc1nc2ccccc2nc1C. The Bertz CT molecular complexity index is 1220. The van der Waals surface area contributed by atoms with Crippen LogP contribution in [0.2, 0.25) is 10.0 Å². The molecule has 4 aromatic rings. The number of aryl methyl sites for hydroxylation is 1. The van der Waals surface area contributed by atoms with Crippen LogP contribution >= 0.6 is 23.2 Å². The first-order chi connectivity index (χ1) is 14.0. The molecule has 9 heteroatoms. The molecule has 146 valence electrons. The molecule has 0 atom stereocenters. The summed E-state index contributed by atoms with van der Waals surface area (Å²) in [4.78, 5) is 21.6. The van der Waals surface area contributed by atoms with Crippen molar-refractivity contribution in [3.63, 3.8) is 0 Å². The highest BCUT2D eigenvalue weighted by Gasteiger charge is 2.28. The van der Waals surface area contributed by atoms with Gasteiger partial charge in [-0.25, -0.2) is 14.8 Å². The minimum atomic E-state index is -0.661. The van der Waals surface area contributed by atoms with Crippen molar-refractivity contribution >= 4 is 51.9 Å². The van der Waals surface area contributed by atoms with E-state index >= 15 is 0 Å². The molecule has 29 heavy (non-hydrogen) atoms. The van der Waals surface area contributed by atoms with Gasteiger partial charge in [-0.3, -0.25) is 0 Å². The molecule has 0 fully saturated rings. The summed E-state index contributed by atoms with van der Waals surface area (Å²) in [7, 11) is 1.26. The summed E-state index contributed by atoms with van der Waals surface area (Å²) >= 11 is 12.6. The van der Waals surface area contributed by atoms with Crippen LogP contribution in [0.4, 0.5) is 11.7 Å². The van der Waals surface area contributed by atoms with E-state index in [1.54, 1.807) is 25.1 Å². The molecule has 0 spiro atoms. The Balaban J connectivity index is 1.84. The summed E-state index contributed by atoms with van der Waals surface area (Å²) in [5.41, 5.74) is 2.65. The molecule has 0 aliphatic heterocycles. The zero-order chi connectivity index (χ0) is 20.5. The Hall–Kier alpha value is -3.16. The molecule has 7 nitrogen and oxygen atoms in total. The van der Waals surface area contributed by atoms with Crippen LogP contribution in [0, 0.1) is 6.92 Å². The Labute approximate surface area is 175 Å². The number of methoxy groups -OCH3 is 1. The van der Waals surface area contributed by atoms with E-state index in [-0.39, 0.29) is 17.1 Å². The highest BCUT2D eigenvalue weighted by Crippen LogP contribution is 2.39. The number of nitrogens with one attached hydrogen (secondary N) is 1. The first-order valence-electron chi connectivity index (χ1n) is 8.52. The predicted molar refractivity (Wildman–Crippen MR) is 111 cm³/mol. The Kier molecular flexibility index (Phi) is 5.08. The minimum Gasteiger partial charge on any atom is -0.465 e. The number of ether oxygens (including phenoxy) is 1. The summed E-state index contributed by atoms with van der Waals surface area (Å²) in [6, 6.07) is 12.4. The van der Waals surface area contributed by atoms with E-state index in [2.05, 4.69) is 20.4 Å². The summed E-state index contributed by atoms with van der Waals surface area (Å²) < 4.78 is 10.3. The average Bonchev–Trinajstić information content (AvgIpc) is 3.11. The lowest BCUT2D eigenvalue weighted by Crippen LogP contribution is -2.07. The maximum Gasteiger partial charge on any atom is 0.345 e. The number of anilines is 2. The standard InChI is InChI=1S/C20H14Cl2N4O3/c1-10-18(24-14-9-4-3-8-13(14)23-10)25-19-16(20(27)28-2)17(26-29-19)15-11(21)6-5-7-12(15)22/h3-9H,1-2H3,(H,24,25). The van der Waals surface area contributed by atoms with Crippen LogP contribution in [0.15, 0.2) is 47.0 Å². The summed E-state index contributed by atoms with van der Waals surface area (Å²) in [5, 5.41) is 7.64. The fourth-order valence-corrected chi connectivity index (χ4v) is 3.45. The Morgan fingerprint density at radius 1 is 1.03 bits per heavy atom. The van der Waals surface area contributed by atoms with Crippen LogP contribution in [-0.4, -0.2) is 28.2 Å². The average molecular weight is 429 g/mol. The van der Waals surface area contributed by atoms with Gasteiger partial charge in [-0.2, -0.15) is 0 Å². The molecule has 0 saturated carbocycles.